The highest BCUT2D eigenvalue weighted by Gasteiger charge is 2.12. The van der Waals surface area contributed by atoms with Crippen LogP contribution >= 0.6 is 11.8 Å². The molecule has 0 saturated heterocycles. The van der Waals surface area contributed by atoms with Gasteiger partial charge in [0.05, 0.1) is 5.75 Å². The average molecular weight is 312 g/mol. The fourth-order valence-corrected chi connectivity index (χ4v) is 3.21. The van der Waals surface area contributed by atoms with Gasteiger partial charge in [0.15, 0.2) is 5.78 Å². The Labute approximate surface area is 132 Å². The Hall–Kier alpha value is -2.20. The van der Waals surface area contributed by atoms with Gasteiger partial charge in [-0.1, -0.05) is 12.1 Å². The summed E-state index contributed by atoms with van der Waals surface area (Å²) in [6.45, 7) is 2.06. The smallest absolute Gasteiger partial charge is 0.239 e. The lowest BCUT2D eigenvalue weighted by molar-refractivity contribution is -0.395. The minimum Gasteiger partial charge on any atom is -0.293 e. The number of thioether (sulfide) groups is 1. The summed E-state index contributed by atoms with van der Waals surface area (Å²) in [6.07, 6.45) is 0. The number of carbonyl (C=O) groups excluding carboxylic acids is 1. The molecule has 4 heteroatoms. The summed E-state index contributed by atoms with van der Waals surface area (Å²) in [4.78, 5) is 15.5. The van der Waals surface area contributed by atoms with E-state index in [1.165, 1.54) is 47.0 Å². The number of aromatic nitrogens is 1. The largest absolute Gasteiger partial charge is 0.293 e. The van der Waals surface area contributed by atoms with Gasteiger partial charge in [-0.3, -0.25) is 4.79 Å². The number of aromatic amines is 1. The molecule has 2 nitrogen and oxygen atoms in total. The maximum absolute atomic E-state index is 12.9. The third-order valence-corrected chi connectivity index (χ3v) is 4.42. The fourth-order valence-electron chi connectivity index (χ4n) is 2.32. The van der Waals surface area contributed by atoms with Gasteiger partial charge in [0.2, 0.25) is 10.5 Å². The zero-order valence-electron chi connectivity index (χ0n) is 12.1. The predicted octanol–water partition coefficient (Wildman–Crippen LogP) is 4.08. The van der Waals surface area contributed by atoms with Crippen molar-refractivity contribution in [3.63, 3.8) is 0 Å². The Morgan fingerprint density at radius 3 is 2.64 bits per heavy atom. The molecule has 0 spiro atoms. The van der Waals surface area contributed by atoms with Gasteiger partial charge in [-0.05, 0) is 54.6 Å². The van der Waals surface area contributed by atoms with Crippen molar-refractivity contribution < 1.29 is 14.2 Å². The third kappa shape index (κ3) is 3.17. The van der Waals surface area contributed by atoms with Crippen LogP contribution in [-0.2, 0) is 0 Å². The molecule has 3 aromatic rings. The number of fused-ring (bicyclic) bond motifs is 1. The second-order valence-electron chi connectivity index (χ2n) is 5.08. The molecule has 0 unspecified atom stereocenters. The highest BCUT2D eigenvalue weighted by Crippen LogP contribution is 2.21. The number of pyridine rings is 1. The Bertz CT molecular complexity index is 830. The Balaban J connectivity index is 1.76. The molecule has 2 aromatic carbocycles. The topological polar surface area (TPSA) is 31.2 Å². The van der Waals surface area contributed by atoms with E-state index in [1.54, 1.807) is 0 Å². The number of carbonyl (C=O) groups is 1. The molecule has 0 bridgehead atoms. The lowest BCUT2D eigenvalue weighted by Gasteiger charge is -2.01. The predicted molar refractivity (Wildman–Crippen MR) is 86.7 cm³/mol. The molecule has 0 atom stereocenters. The van der Waals surface area contributed by atoms with Crippen molar-refractivity contribution in [2.75, 3.05) is 5.75 Å². The number of H-pyrrole nitrogens is 1. The Morgan fingerprint density at radius 2 is 1.86 bits per heavy atom. The number of aryl methyl sites for hydroxylation is 1. The number of benzene rings is 2. The maximum Gasteiger partial charge on any atom is 0.239 e. The number of nitrogens with one attached hydrogen (secondary N) is 1. The minimum absolute atomic E-state index is 0.00999. The zero-order valence-corrected chi connectivity index (χ0v) is 12.9. The van der Waals surface area contributed by atoms with E-state index in [1.807, 2.05) is 24.3 Å². The first kappa shape index (κ1) is 14.7. The van der Waals surface area contributed by atoms with Crippen molar-refractivity contribution in [2.45, 2.75) is 11.9 Å². The summed E-state index contributed by atoms with van der Waals surface area (Å²) in [7, 11) is 0. The van der Waals surface area contributed by atoms with E-state index in [4.69, 9.17) is 0 Å². The van der Waals surface area contributed by atoms with Gasteiger partial charge in [-0.2, -0.15) is 4.98 Å². The van der Waals surface area contributed by atoms with E-state index in [0.29, 0.717) is 11.3 Å². The molecule has 0 fully saturated rings. The van der Waals surface area contributed by atoms with Crippen molar-refractivity contribution in [2.24, 2.45) is 0 Å². The SMILES string of the molecule is Cc1cc(SCC(=O)c2ccc(F)cc2)[nH+]c2ccccc12. The molecule has 0 saturated carbocycles. The first-order chi connectivity index (χ1) is 10.6. The van der Waals surface area contributed by atoms with Gasteiger partial charge in [-0.25, -0.2) is 4.39 Å². The van der Waals surface area contributed by atoms with Crippen LogP contribution in [-0.4, -0.2) is 11.5 Å². The van der Waals surface area contributed by atoms with Crippen molar-refractivity contribution in [3.8, 4) is 0 Å². The van der Waals surface area contributed by atoms with Crippen LogP contribution < -0.4 is 4.98 Å². The van der Waals surface area contributed by atoms with Gasteiger partial charge in [0.1, 0.15) is 5.82 Å². The van der Waals surface area contributed by atoms with Crippen LogP contribution in [0.1, 0.15) is 15.9 Å². The summed E-state index contributed by atoms with van der Waals surface area (Å²) >= 11 is 1.46. The maximum atomic E-state index is 12.9. The van der Waals surface area contributed by atoms with Crippen LogP contribution in [0.2, 0.25) is 0 Å². The second kappa shape index (κ2) is 6.28. The van der Waals surface area contributed by atoms with Crippen LogP contribution in [0.25, 0.3) is 10.9 Å². The van der Waals surface area contributed by atoms with E-state index in [2.05, 4.69) is 18.0 Å². The molecule has 22 heavy (non-hydrogen) atoms. The molecule has 0 aliphatic rings. The summed E-state index contributed by atoms with van der Waals surface area (Å²) in [5, 5.41) is 2.13. The number of hydrogen-bond acceptors (Lipinski definition) is 2. The van der Waals surface area contributed by atoms with Crippen molar-refractivity contribution in [3.05, 3.63) is 71.5 Å². The van der Waals surface area contributed by atoms with E-state index in [-0.39, 0.29) is 11.6 Å². The van der Waals surface area contributed by atoms with Crippen molar-refractivity contribution in [1.29, 1.82) is 0 Å². The summed E-state index contributed by atoms with van der Waals surface area (Å²) < 4.78 is 12.9. The average Bonchev–Trinajstić information content (AvgIpc) is 2.53. The quantitative estimate of drug-likeness (QED) is 0.537. The number of ketones is 1. The molecule has 0 aliphatic carbocycles. The van der Waals surface area contributed by atoms with Gasteiger partial charge in [0.25, 0.3) is 0 Å². The minimum atomic E-state index is -0.331. The van der Waals surface area contributed by atoms with Gasteiger partial charge < -0.3 is 0 Å². The van der Waals surface area contributed by atoms with Crippen LogP contribution in [0.15, 0.2) is 59.6 Å². The molecular formula is C18H15FNOS+. The van der Waals surface area contributed by atoms with Gasteiger partial charge in [0, 0.05) is 23.1 Å². The number of halogens is 1. The zero-order chi connectivity index (χ0) is 15.5. The molecule has 1 heterocycles. The van der Waals surface area contributed by atoms with E-state index >= 15 is 0 Å². The van der Waals surface area contributed by atoms with E-state index < -0.39 is 0 Å². The normalized spacial score (nSPS) is 10.8. The number of Topliss-reactive ketones (excluding diaryl/α,β-unsaturated/α-hetero) is 1. The molecule has 3 rings (SSSR count). The van der Waals surface area contributed by atoms with Crippen LogP contribution in [0.5, 0.6) is 0 Å². The molecule has 1 aromatic heterocycles. The summed E-state index contributed by atoms with van der Waals surface area (Å²) in [5.41, 5.74) is 2.76. The number of para-hydroxylation sites is 1. The highest BCUT2D eigenvalue weighted by molar-refractivity contribution is 7.99. The molecule has 0 radical (unpaired) electrons. The Kier molecular flexibility index (Phi) is 4.20. The Morgan fingerprint density at radius 1 is 1.14 bits per heavy atom. The van der Waals surface area contributed by atoms with Crippen molar-refractivity contribution in [1.82, 2.24) is 0 Å². The first-order valence-corrected chi connectivity index (χ1v) is 7.95. The number of rotatable bonds is 4. The summed E-state index contributed by atoms with van der Waals surface area (Å²) in [6, 6.07) is 15.8. The summed E-state index contributed by atoms with van der Waals surface area (Å²) in [5.74, 6) is -0.0215. The standard InChI is InChI=1S/C18H14FNOS/c1-12-10-18(20-16-5-3-2-4-15(12)16)22-11-17(21)13-6-8-14(19)9-7-13/h2-10H,11H2,1H3/p+1. The second-order valence-corrected chi connectivity index (χ2v) is 6.10. The third-order valence-electron chi connectivity index (χ3n) is 3.48. The van der Waals surface area contributed by atoms with Crippen molar-refractivity contribution >= 4 is 28.4 Å². The van der Waals surface area contributed by atoms with Gasteiger partial charge in [-0.15, -0.1) is 0 Å². The fraction of sp³-hybridized carbons (Fsp3) is 0.111. The number of hydrogen-bond donors (Lipinski definition) is 0. The molecule has 1 N–H and O–H groups in total. The lowest BCUT2D eigenvalue weighted by Crippen LogP contribution is -2.11. The lowest BCUT2D eigenvalue weighted by atomic mass is 10.1. The van der Waals surface area contributed by atoms with Gasteiger partial charge >= 0.3 is 0 Å². The molecule has 110 valence electrons. The van der Waals surface area contributed by atoms with Crippen LogP contribution in [0, 0.1) is 12.7 Å². The molecule has 0 aliphatic heterocycles. The van der Waals surface area contributed by atoms with Crippen LogP contribution in [0.3, 0.4) is 0 Å². The van der Waals surface area contributed by atoms with E-state index in [0.717, 1.165) is 10.5 Å². The first-order valence-electron chi connectivity index (χ1n) is 6.97. The monoisotopic (exact) mass is 312 g/mol. The highest BCUT2D eigenvalue weighted by atomic mass is 32.2. The van der Waals surface area contributed by atoms with E-state index in [9.17, 15) is 9.18 Å². The molecular weight excluding hydrogens is 297 g/mol. The van der Waals surface area contributed by atoms with Crippen LogP contribution in [0.4, 0.5) is 4.39 Å². The molecule has 0 amide bonds.